The minimum Gasteiger partial charge on any atom is -0.497 e. The van der Waals surface area contributed by atoms with Crippen LogP contribution >= 0.6 is 0 Å². The van der Waals surface area contributed by atoms with Crippen molar-refractivity contribution in [1.82, 2.24) is 9.88 Å². The van der Waals surface area contributed by atoms with Crippen molar-refractivity contribution in [3.63, 3.8) is 0 Å². The van der Waals surface area contributed by atoms with Crippen LogP contribution in [0.1, 0.15) is 29.8 Å². The van der Waals surface area contributed by atoms with E-state index in [2.05, 4.69) is 4.98 Å². The van der Waals surface area contributed by atoms with Crippen LogP contribution in [-0.4, -0.2) is 46.6 Å². The number of benzene rings is 1. The second kappa shape index (κ2) is 5.71. The van der Waals surface area contributed by atoms with Crippen LogP contribution in [0.25, 0.3) is 10.9 Å². The number of carboxylic acids is 1. The van der Waals surface area contributed by atoms with Crippen molar-refractivity contribution in [3.05, 3.63) is 30.0 Å². The molecule has 2 aromatic rings. The van der Waals surface area contributed by atoms with Crippen LogP contribution in [-0.2, 0) is 4.79 Å². The number of H-pyrrole nitrogens is 1. The number of carboxylic acid groups (broad SMARTS) is 1. The number of nitrogens with zero attached hydrogens (tertiary/aromatic N) is 1. The fraction of sp³-hybridized carbons (Fsp3) is 0.375. The lowest BCUT2D eigenvalue weighted by Crippen LogP contribution is -2.37. The van der Waals surface area contributed by atoms with Gasteiger partial charge >= 0.3 is 5.97 Å². The van der Waals surface area contributed by atoms with Gasteiger partial charge in [0.25, 0.3) is 5.91 Å². The van der Waals surface area contributed by atoms with E-state index in [9.17, 15) is 9.59 Å². The summed E-state index contributed by atoms with van der Waals surface area (Å²) in [6.07, 6.45) is 1.59. The Bertz CT molecular complexity index is 722. The average Bonchev–Trinajstić information content (AvgIpc) is 3.11. The number of hydrogen-bond donors (Lipinski definition) is 2. The predicted octanol–water partition coefficient (Wildman–Crippen LogP) is 2.26. The van der Waals surface area contributed by atoms with Gasteiger partial charge in [0.05, 0.1) is 13.5 Å². The van der Waals surface area contributed by atoms with E-state index in [0.29, 0.717) is 12.2 Å². The quantitative estimate of drug-likeness (QED) is 0.907. The second-order valence-electron chi connectivity index (χ2n) is 5.53. The number of nitrogens with one attached hydrogen (secondary N) is 1. The van der Waals surface area contributed by atoms with E-state index in [1.54, 1.807) is 18.1 Å². The number of hydrogen-bond acceptors (Lipinski definition) is 3. The zero-order valence-electron chi connectivity index (χ0n) is 12.3. The van der Waals surface area contributed by atoms with Gasteiger partial charge in [-0.1, -0.05) is 0 Å². The molecule has 6 heteroatoms. The van der Waals surface area contributed by atoms with Crippen LogP contribution in [0, 0.1) is 0 Å². The highest BCUT2D eigenvalue weighted by Gasteiger charge is 2.31. The molecule has 2 N–H and O–H groups in total. The first-order valence-electron chi connectivity index (χ1n) is 7.28. The van der Waals surface area contributed by atoms with Crippen LogP contribution in [0.15, 0.2) is 24.3 Å². The lowest BCUT2D eigenvalue weighted by Gasteiger charge is -2.22. The largest absolute Gasteiger partial charge is 0.497 e. The molecule has 22 heavy (non-hydrogen) atoms. The summed E-state index contributed by atoms with van der Waals surface area (Å²) in [5.74, 6) is -0.277. The first-order valence-corrected chi connectivity index (χ1v) is 7.28. The number of ether oxygens (including phenoxy) is 1. The summed E-state index contributed by atoms with van der Waals surface area (Å²) >= 11 is 0. The molecule has 0 saturated carbocycles. The Morgan fingerprint density at radius 2 is 2.23 bits per heavy atom. The summed E-state index contributed by atoms with van der Waals surface area (Å²) in [6.45, 7) is 0.607. The average molecular weight is 302 g/mol. The highest BCUT2D eigenvalue weighted by Crippen LogP contribution is 2.25. The first-order chi connectivity index (χ1) is 10.6. The number of amides is 1. The number of carbonyl (C=O) groups excluding carboxylic acids is 1. The topological polar surface area (TPSA) is 82.6 Å². The molecular formula is C16H18N2O4. The van der Waals surface area contributed by atoms with Crippen molar-refractivity contribution >= 4 is 22.8 Å². The highest BCUT2D eigenvalue weighted by molar-refractivity contribution is 5.98. The Kier molecular flexibility index (Phi) is 3.75. The standard InChI is InChI=1S/C16H18N2O4/c1-22-12-4-5-13-10(7-12)8-14(17-13)16(21)18-6-2-3-11(18)9-15(19)20/h4-5,7-8,11,17H,2-3,6,9H2,1H3,(H,19,20). The summed E-state index contributed by atoms with van der Waals surface area (Å²) in [5.41, 5.74) is 1.35. The Labute approximate surface area is 127 Å². The number of aliphatic carboxylic acids is 1. The molecule has 1 fully saturated rings. The maximum absolute atomic E-state index is 12.6. The molecule has 1 saturated heterocycles. The SMILES string of the molecule is COc1ccc2[nH]c(C(=O)N3CCCC3CC(=O)O)cc2c1. The molecule has 0 bridgehead atoms. The zero-order valence-corrected chi connectivity index (χ0v) is 12.3. The summed E-state index contributed by atoms with van der Waals surface area (Å²) < 4.78 is 5.18. The lowest BCUT2D eigenvalue weighted by atomic mass is 10.1. The fourth-order valence-corrected chi connectivity index (χ4v) is 3.02. The van der Waals surface area contributed by atoms with Crippen LogP contribution in [0.4, 0.5) is 0 Å². The van der Waals surface area contributed by atoms with Crippen LogP contribution in [0.3, 0.4) is 0 Å². The van der Waals surface area contributed by atoms with Crippen LogP contribution < -0.4 is 4.74 Å². The van der Waals surface area contributed by atoms with E-state index in [1.807, 2.05) is 18.2 Å². The third kappa shape index (κ3) is 2.64. The summed E-state index contributed by atoms with van der Waals surface area (Å²) in [5, 5.41) is 9.86. The number of fused-ring (bicyclic) bond motifs is 1. The minimum atomic E-state index is -0.869. The van der Waals surface area contributed by atoms with Gasteiger partial charge in [0.2, 0.25) is 0 Å². The van der Waals surface area contributed by atoms with Gasteiger partial charge in [-0.3, -0.25) is 9.59 Å². The van der Waals surface area contributed by atoms with Crippen LogP contribution in [0.2, 0.25) is 0 Å². The molecule has 2 heterocycles. The fourth-order valence-electron chi connectivity index (χ4n) is 3.02. The summed E-state index contributed by atoms with van der Waals surface area (Å²) in [4.78, 5) is 28.3. The summed E-state index contributed by atoms with van der Waals surface area (Å²) in [6, 6.07) is 7.13. The third-order valence-corrected chi connectivity index (χ3v) is 4.11. The van der Waals surface area contributed by atoms with E-state index in [1.165, 1.54) is 0 Å². The molecule has 0 aliphatic carbocycles. The van der Waals surface area contributed by atoms with Crippen molar-refractivity contribution in [3.8, 4) is 5.75 Å². The third-order valence-electron chi connectivity index (χ3n) is 4.11. The lowest BCUT2D eigenvalue weighted by molar-refractivity contribution is -0.137. The smallest absolute Gasteiger partial charge is 0.305 e. The van der Waals surface area contributed by atoms with Gasteiger partial charge in [0.1, 0.15) is 11.4 Å². The van der Waals surface area contributed by atoms with Crippen molar-refractivity contribution in [1.29, 1.82) is 0 Å². The van der Waals surface area contributed by atoms with Crippen molar-refractivity contribution in [2.45, 2.75) is 25.3 Å². The Balaban J connectivity index is 1.86. The maximum Gasteiger partial charge on any atom is 0.305 e. The van der Waals surface area contributed by atoms with E-state index in [4.69, 9.17) is 9.84 Å². The molecule has 1 aromatic heterocycles. The zero-order chi connectivity index (χ0) is 15.7. The molecule has 1 amide bonds. The van der Waals surface area contributed by atoms with Gasteiger partial charge in [-0.05, 0) is 37.1 Å². The van der Waals surface area contributed by atoms with Crippen molar-refractivity contribution in [2.24, 2.45) is 0 Å². The van der Waals surface area contributed by atoms with Gasteiger partial charge in [0.15, 0.2) is 0 Å². The first kappa shape index (κ1) is 14.4. The van der Waals surface area contributed by atoms with E-state index in [-0.39, 0.29) is 18.4 Å². The van der Waals surface area contributed by atoms with Crippen LogP contribution in [0.5, 0.6) is 5.75 Å². The Morgan fingerprint density at radius 1 is 1.41 bits per heavy atom. The van der Waals surface area contributed by atoms with Crippen molar-refractivity contribution in [2.75, 3.05) is 13.7 Å². The molecule has 116 valence electrons. The second-order valence-corrected chi connectivity index (χ2v) is 5.53. The number of likely N-dealkylation sites (tertiary alicyclic amines) is 1. The molecule has 6 nitrogen and oxygen atoms in total. The molecule has 1 aromatic carbocycles. The van der Waals surface area contributed by atoms with E-state index < -0.39 is 5.97 Å². The molecule has 1 aliphatic heterocycles. The number of methoxy groups -OCH3 is 1. The van der Waals surface area contributed by atoms with Gasteiger partial charge in [-0.25, -0.2) is 0 Å². The van der Waals surface area contributed by atoms with E-state index in [0.717, 1.165) is 29.5 Å². The predicted molar refractivity (Wildman–Crippen MR) is 81.2 cm³/mol. The van der Waals surface area contributed by atoms with E-state index >= 15 is 0 Å². The normalized spacial score (nSPS) is 17.9. The number of aromatic nitrogens is 1. The molecule has 0 spiro atoms. The Morgan fingerprint density at radius 3 is 2.95 bits per heavy atom. The van der Waals surface area contributed by atoms with Crippen molar-refractivity contribution < 1.29 is 19.4 Å². The molecular weight excluding hydrogens is 284 g/mol. The Hall–Kier alpha value is -2.50. The number of carbonyl (C=O) groups is 2. The maximum atomic E-state index is 12.6. The van der Waals surface area contributed by atoms with Gasteiger partial charge in [-0.2, -0.15) is 0 Å². The minimum absolute atomic E-state index is 0.000207. The molecule has 1 atom stereocenters. The molecule has 3 rings (SSSR count). The summed E-state index contributed by atoms with van der Waals surface area (Å²) in [7, 11) is 1.60. The van der Waals surface area contributed by atoms with Gasteiger partial charge < -0.3 is 19.7 Å². The monoisotopic (exact) mass is 302 g/mol. The molecule has 1 unspecified atom stereocenters. The number of rotatable bonds is 4. The molecule has 0 radical (unpaired) electrons. The molecule has 1 aliphatic rings. The highest BCUT2D eigenvalue weighted by atomic mass is 16.5. The van der Waals surface area contributed by atoms with Gasteiger partial charge in [-0.15, -0.1) is 0 Å². The van der Waals surface area contributed by atoms with Gasteiger partial charge in [0, 0.05) is 23.5 Å². The number of aromatic amines is 1.